The van der Waals surface area contributed by atoms with Crippen LogP contribution in [0.25, 0.3) is 0 Å². The molecule has 1 atom stereocenters. The van der Waals surface area contributed by atoms with Crippen LogP contribution in [0.3, 0.4) is 0 Å². The summed E-state index contributed by atoms with van der Waals surface area (Å²) >= 11 is 8.48. The van der Waals surface area contributed by atoms with Gasteiger partial charge in [-0.05, 0) is 31.3 Å². The standard InChI is InChI=1S/C11H21NO2S2/c1-8(6-11(15)16)10(4-5-13)9(2)12(3)7-14/h7-8,11,13,15-16H,4-6H2,1-3H3. The van der Waals surface area contributed by atoms with Crippen molar-refractivity contribution in [3.05, 3.63) is 11.3 Å². The fourth-order valence-corrected chi connectivity index (χ4v) is 2.30. The number of rotatable bonds is 7. The number of allylic oxidation sites excluding steroid dienone is 1. The second kappa shape index (κ2) is 8.03. The lowest BCUT2D eigenvalue weighted by Crippen LogP contribution is -2.19. The summed E-state index contributed by atoms with van der Waals surface area (Å²) in [6, 6.07) is 0. The molecule has 5 heteroatoms. The number of aliphatic hydroxyl groups is 1. The number of hydrogen-bond donors (Lipinski definition) is 3. The summed E-state index contributed by atoms with van der Waals surface area (Å²) in [6.45, 7) is 4.04. The van der Waals surface area contributed by atoms with Crippen molar-refractivity contribution in [2.75, 3.05) is 13.7 Å². The SMILES string of the molecule is CC(=C(CCO)C(C)CC(S)S)N(C)C=O. The zero-order valence-corrected chi connectivity index (χ0v) is 11.8. The van der Waals surface area contributed by atoms with Crippen LogP contribution in [0.15, 0.2) is 11.3 Å². The van der Waals surface area contributed by atoms with Crippen molar-refractivity contribution in [1.82, 2.24) is 4.90 Å². The van der Waals surface area contributed by atoms with Crippen molar-refractivity contribution in [3.63, 3.8) is 0 Å². The Balaban J connectivity index is 4.88. The van der Waals surface area contributed by atoms with E-state index in [1.165, 1.54) is 4.90 Å². The Bertz CT molecular complexity index is 254. The molecule has 0 radical (unpaired) electrons. The van der Waals surface area contributed by atoms with Gasteiger partial charge >= 0.3 is 0 Å². The number of aliphatic hydroxyl groups excluding tert-OH is 1. The van der Waals surface area contributed by atoms with Crippen LogP contribution in [0.1, 0.15) is 26.7 Å². The summed E-state index contributed by atoms with van der Waals surface area (Å²) < 4.78 is 0.0121. The minimum atomic E-state index is 0.0121. The van der Waals surface area contributed by atoms with Crippen LogP contribution >= 0.6 is 25.3 Å². The highest BCUT2D eigenvalue weighted by Crippen LogP contribution is 2.26. The van der Waals surface area contributed by atoms with Crippen molar-refractivity contribution in [2.45, 2.75) is 31.3 Å². The van der Waals surface area contributed by atoms with E-state index in [1.807, 2.05) is 6.92 Å². The van der Waals surface area contributed by atoms with Crippen molar-refractivity contribution in [3.8, 4) is 0 Å². The molecule has 0 rings (SSSR count). The molecule has 0 saturated carbocycles. The maximum atomic E-state index is 10.7. The maximum absolute atomic E-state index is 10.7. The average Bonchev–Trinajstić information content (AvgIpc) is 2.22. The molecular formula is C11H21NO2S2. The zero-order valence-electron chi connectivity index (χ0n) is 10.1. The third-order valence-electron chi connectivity index (χ3n) is 2.69. The lowest BCUT2D eigenvalue weighted by atomic mass is 9.93. The molecule has 0 heterocycles. The Labute approximate surface area is 109 Å². The van der Waals surface area contributed by atoms with Crippen molar-refractivity contribution < 1.29 is 9.90 Å². The van der Waals surface area contributed by atoms with Crippen LogP contribution in [0.5, 0.6) is 0 Å². The van der Waals surface area contributed by atoms with Gasteiger partial charge in [0.1, 0.15) is 0 Å². The molecule has 1 unspecified atom stereocenters. The van der Waals surface area contributed by atoms with Crippen LogP contribution in [-0.4, -0.2) is 34.7 Å². The smallest absolute Gasteiger partial charge is 0.213 e. The quantitative estimate of drug-likeness (QED) is 0.373. The lowest BCUT2D eigenvalue weighted by Gasteiger charge is -2.23. The van der Waals surface area contributed by atoms with Crippen molar-refractivity contribution in [2.24, 2.45) is 5.92 Å². The van der Waals surface area contributed by atoms with Gasteiger partial charge in [-0.3, -0.25) is 4.79 Å². The van der Waals surface area contributed by atoms with E-state index in [0.717, 1.165) is 24.1 Å². The minimum absolute atomic E-state index is 0.0121. The number of carbonyl (C=O) groups is 1. The Morgan fingerprint density at radius 3 is 2.44 bits per heavy atom. The monoisotopic (exact) mass is 263 g/mol. The first-order chi connectivity index (χ1) is 7.43. The highest BCUT2D eigenvalue weighted by molar-refractivity contribution is 7.99. The van der Waals surface area contributed by atoms with Crippen molar-refractivity contribution >= 4 is 31.7 Å². The molecule has 1 amide bonds. The molecule has 0 aliphatic carbocycles. The molecular weight excluding hydrogens is 242 g/mol. The van der Waals surface area contributed by atoms with E-state index in [1.54, 1.807) is 7.05 Å². The molecule has 0 bridgehead atoms. The van der Waals surface area contributed by atoms with Crippen LogP contribution in [0.4, 0.5) is 0 Å². The van der Waals surface area contributed by atoms with Gasteiger partial charge in [-0.1, -0.05) is 6.92 Å². The predicted molar refractivity (Wildman–Crippen MR) is 73.8 cm³/mol. The Morgan fingerprint density at radius 2 is 2.06 bits per heavy atom. The fraction of sp³-hybridized carbons (Fsp3) is 0.727. The zero-order chi connectivity index (χ0) is 12.7. The molecule has 0 spiro atoms. The van der Waals surface area contributed by atoms with Crippen LogP contribution < -0.4 is 0 Å². The first kappa shape index (κ1) is 15.9. The summed E-state index contributed by atoms with van der Waals surface area (Å²) in [4.78, 5) is 12.2. The Morgan fingerprint density at radius 1 is 1.50 bits per heavy atom. The molecule has 0 aromatic carbocycles. The molecule has 0 aliphatic heterocycles. The number of nitrogens with zero attached hydrogens (tertiary/aromatic N) is 1. The van der Waals surface area contributed by atoms with Gasteiger partial charge in [0, 0.05) is 23.9 Å². The van der Waals surface area contributed by atoms with Gasteiger partial charge in [0.2, 0.25) is 6.41 Å². The molecule has 0 saturated heterocycles. The van der Waals surface area contributed by atoms with E-state index in [0.29, 0.717) is 6.42 Å². The highest BCUT2D eigenvalue weighted by atomic mass is 32.2. The van der Waals surface area contributed by atoms with Crippen molar-refractivity contribution in [1.29, 1.82) is 0 Å². The van der Waals surface area contributed by atoms with E-state index in [-0.39, 0.29) is 17.1 Å². The van der Waals surface area contributed by atoms with Gasteiger partial charge in [-0.2, -0.15) is 25.3 Å². The summed E-state index contributed by atoms with van der Waals surface area (Å²) in [5.74, 6) is 0.259. The van der Waals surface area contributed by atoms with Gasteiger partial charge in [-0.25, -0.2) is 0 Å². The predicted octanol–water partition coefficient (Wildman–Crippen LogP) is 1.94. The average molecular weight is 263 g/mol. The number of amides is 1. The van der Waals surface area contributed by atoms with E-state index in [9.17, 15) is 4.79 Å². The van der Waals surface area contributed by atoms with E-state index < -0.39 is 0 Å². The number of hydrogen-bond acceptors (Lipinski definition) is 4. The van der Waals surface area contributed by atoms with Gasteiger partial charge < -0.3 is 10.0 Å². The maximum Gasteiger partial charge on any atom is 0.213 e. The summed E-state index contributed by atoms with van der Waals surface area (Å²) in [5.41, 5.74) is 1.99. The number of thiol groups is 2. The summed E-state index contributed by atoms with van der Waals surface area (Å²) in [6.07, 6.45) is 2.17. The Kier molecular flexibility index (Phi) is 7.97. The first-order valence-corrected chi connectivity index (χ1v) is 6.32. The van der Waals surface area contributed by atoms with Gasteiger partial charge in [-0.15, -0.1) is 0 Å². The van der Waals surface area contributed by atoms with Crippen LogP contribution in [0, 0.1) is 5.92 Å². The third-order valence-corrected chi connectivity index (χ3v) is 3.11. The normalized spacial score (nSPS) is 14.7. The Hall–Kier alpha value is -0.130. The molecule has 94 valence electrons. The molecule has 3 nitrogen and oxygen atoms in total. The van der Waals surface area contributed by atoms with Crippen LogP contribution in [-0.2, 0) is 4.79 Å². The van der Waals surface area contributed by atoms with Gasteiger partial charge in [0.15, 0.2) is 0 Å². The van der Waals surface area contributed by atoms with E-state index in [2.05, 4.69) is 32.2 Å². The highest BCUT2D eigenvalue weighted by Gasteiger charge is 2.15. The molecule has 0 aromatic heterocycles. The molecule has 0 aliphatic rings. The largest absolute Gasteiger partial charge is 0.396 e. The second-order valence-corrected chi connectivity index (χ2v) is 5.57. The molecule has 16 heavy (non-hydrogen) atoms. The summed E-state index contributed by atoms with van der Waals surface area (Å²) in [5, 5.41) is 9.04. The molecule has 0 aromatic rings. The second-order valence-electron chi connectivity index (χ2n) is 3.92. The number of carbonyl (C=O) groups excluding carboxylic acids is 1. The van der Waals surface area contributed by atoms with Gasteiger partial charge in [0.25, 0.3) is 0 Å². The van der Waals surface area contributed by atoms with Gasteiger partial charge in [0.05, 0.1) is 0 Å². The topological polar surface area (TPSA) is 40.5 Å². The molecule has 0 fully saturated rings. The van der Waals surface area contributed by atoms with E-state index >= 15 is 0 Å². The summed E-state index contributed by atoms with van der Waals surface area (Å²) in [7, 11) is 1.71. The van der Waals surface area contributed by atoms with Crippen LogP contribution in [0.2, 0.25) is 0 Å². The molecule has 1 N–H and O–H groups in total. The third kappa shape index (κ3) is 5.27. The minimum Gasteiger partial charge on any atom is -0.396 e. The first-order valence-electron chi connectivity index (χ1n) is 5.28. The lowest BCUT2D eigenvalue weighted by molar-refractivity contribution is -0.115. The van der Waals surface area contributed by atoms with E-state index in [4.69, 9.17) is 5.11 Å². The fourth-order valence-electron chi connectivity index (χ4n) is 1.67.